The number of aromatic amines is 1. The first-order chi connectivity index (χ1) is 14.4. The van der Waals surface area contributed by atoms with Crippen molar-refractivity contribution in [2.45, 2.75) is 26.3 Å². The van der Waals surface area contributed by atoms with Crippen molar-refractivity contribution in [3.8, 4) is 17.3 Å². The van der Waals surface area contributed by atoms with Crippen LogP contribution < -0.4 is 15.4 Å². The fraction of sp³-hybridized carbons (Fsp3) is 0.316. The highest BCUT2D eigenvalue weighted by atomic mass is 19.4. The lowest BCUT2D eigenvalue weighted by molar-refractivity contribution is -0.274. The van der Waals surface area contributed by atoms with E-state index in [1.54, 1.807) is 30.5 Å². The van der Waals surface area contributed by atoms with E-state index in [-0.39, 0.29) is 12.3 Å². The van der Waals surface area contributed by atoms with Crippen molar-refractivity contribution >= 4 is 5.96 Å². The van der Waals surface area contributed by atoms with Crippen molar-refractivity contribution in [1.29, 1.82) is 0 Å². The summed E-state index contributed by atoms with van der Waals surface area (Å²) in [6, 6.07) is 9.44. The van der Waals surface area contributed by atoms with Crippen LogP contribution in [0.2, 0.25) is 0 Å². The fourth-order valence-corrected chi connectivity index (χ4v) is 2.59. The van der Waals surface area contributed by atoms with Crippen LogP contribution in [0.25, 0.3) is 11.6 Å². The molecule has 0 aliphatic heterocycles. The molecule has 0 aliphatic rings. The molecule has 0 unspecified atom stereocenters. The van der Waals surface area contributed by atoms with E-state index in [1.807, 2.05) is 6.92 Å². The van der Waals surface area contributed by atoms with E-state index in [4.69, 9.17) is 4.42 Å². The third-order valence-corrected chi connectivity index (χ3v) is 3.88. The first-order valence-electron chi connectivity index (χ1n) is 9.25. The van der Waals surface area contributed by atoms with Crippen molar-refractivity contribution < 1.29 is 22.3 Å². The fourth-order valence-electron chi connectivity index (χ4n) is 2.59. The number of para-hydroxylation sites is 1. The summed E-state index contributed by atoms with van der Waals surface area (Å²) in [4.78, 5) is 8.69. The van der Waals surface area contributed by atoms with Gasteiger partial charge in [0.1, 0.15) is 11.6 Å². The molecule has 0 aliphatic carbocycles. The summed E-state index contributed by atoms with van der Waals surface area (Å²) < 4.78 is 47.0. The topological polar surface area (TPSA) is 100 Å². The van der Waals surface area contributed by atoms with E-state index >= 15 is 0 Å². The summed E-state index contributed by atoms with van der Waals surface area (Å²) in [5, 5.41) is 13.1. The van der Waals surface area contributed by atoms with Gasteiger partial charge in [0.25, 0.3) is 0 Å². The van der Waals surface area contributed by atoms with Gasteiger partial charge in [0.05, 0.1) is 12.8 Å². The Kier molecular flexibility index (Phi) is 6.94. The minimum atomic E-state index is -4.76. The average Bonchev–Trinajstić information content (AvgIpc) is 3.37. The van der Waals surface area contributed by atoms with Crippen molar-refractivity contribution in [2.75, 3.05) is 13.1 Å². The molecule has 160 valence electrons. The SMILES string of the molecule is CCNC(=NCc1ccccc1OC(F)(F)F)NCCc1nc(-c2ccco2)n[nH]1. The van der Waals surface area contributed by atoms with Crippen LogP contribution in [-0.2, 0) is 13.0 Å². The summed E-state index contributed by atoms with van der Waals surface area (Å²) >= 11 is 0. The molecule has 2 aromatic heterocycles. The molecule has 11 heteroatoms. The molecule has 0 radical (unpaired) electrons. The highest BCUT2D eigenvalue weighted by molar-refractivity contribution is 5.79. The van der Waals surface area contributed by atoms with Crippen LogP contribution in [0.5, 0.6) is 5.75 Å². The van der Waals surface area contributed by atoms with Gasteiger partial charge in [-0.1, -0.05) is 18.2 Å². The highest BCUT2D eigenvalue weighted by Gasteiger charge is 2.31. The van der Waals surface area contributed by atoms with E-state index in [9.17, 15) is 13.2 Å². The number of furan rings is 1. The number of aromatic nitrogens is 3. The summed E-state index contributed by atoms with van der Waals surface area (Å²) in [5.41, 5.74) is 0.324. The van der Waals surface area contributed by atoms with Gasteiger partial charge in [0.15, 0.2) is 11.7 Å². The molecular formula is C19H21F3N6O2. The number of halogens is 3. The van der Waals surface area contributed by atoms with Crippen molar-refractivity contribution in [2.24, 2.45) is 4.99 Å². The Morgan fingerprint density at radius 1 is 1.20 bits per heavy atom. The lowest BCUT2D eigenvalue weighted by Crippen LogP contribution is -2.38. The normalized spacial score (nSPS) is 12.1. The molecule has 1 aromatic carbocycles. The van der Waals surface area contributed by atoms with Gasteiger partial charge in [-0.15, -0.1) is 13.2 Å². The molecular weight excluding hydrogens is 401 g/mol. The third kappa shape index (κ3) is 6.26. The second kappa shape index (κ2) is 9.81. The maximum atomic E-state index is 12.6. The number of aliphatic imine (C=N–C) groups is 1. The van der Waals surface area contributed by atoms with E-state index in [0.29, 0.717) is 48.4 Å². The summed E-state index contributed by atoms with van der Waals surface area (Å²) in [6.07, 6.45) is -2.68. The number of hydrogen-bond acceptors (Lipinski definition) is 5. The predicted molar refractivity (Wildman–Crippen MR) is 104 cm³/mol. The molecule has 0 saturated heterocycles. The third-order valence-electron chi connectivity index (χ3n) is 3.88. The van der Waals surface area contributed by atoms with E-state index in [0.717, 1.165) is 0 Å². The molecule has 0 amide bonds. The second-order valence-electron chi connectivity index (χ2n) is 6.11. The van der Waals surface area contributed by atoms with Gasteiger partial charge in [0.2, 0.25) is 5.82 Å². The van der Waals surface area contributed by atoms with Crippen LogP contribution in [0.4, 0.5) is 13.2 Å². The number of rotatable bonds is 8. The standard InChI is InChI=1S/C19H21F3N6O2/c1-2-23-18(25-12-13-6-3-4-7-14(13)30-19(20,21)22)24-10-9-16-26-17(28-27-16)15-8-5-11-29-15/h3-8,11H,2,9-10,12H2,1H3,(H2,23,24,25)(H,26,27,28). The zero-order valence-corrected chi connectivity index (χ0v) is 16.2. The van der Waals surface area contributed by atoms with Gasteiger partial charge in [-0.2, -0.15) is 5.10 Å². The Hall–Kier alpha value is -3.50. The molecule has 3 aromatic rings. The Morgan fingerprint density at radius 3 is 2.77 bits per heavy atom. The van der Waals surface area contributed by atoms with Crippen molar-refractivity contribution in [3.63, 3.8) is 0 Å². The highest BCUT2D eigenvalue weighted by Crippen LogP contribution is 2.26. The smallest absolute Gasteiger partial charge is 0.461 e. The van der Waals surface area contributed by atoms with Crippen LogP contribution in [0.15, 0.2) is 52.1 Å². The number of nitrogens with one attached hydrogen (secondary N) is 3. The van der Waals surface area contributed by atoms with Crippen LogP contribution in [0, 0.1) is 0 Å². The average molecular weight is 422 g/mol. The van der Waals surface area contributed by atoms with E-state index in [1.165, 1.54) is 12.1 Å². The van der Waals surface area contributed by atoms with Gasteiger partial charge in [-0.3, -0.25) is 5.10 Å². The van der Waals surface area contributed by atoms with Crippen LogP contribution >= 0.6 is 0 Å². The minimum absolute atomic E-state index is 0.0204. The number of hydrogen-bond donors (Lipinski definition) is 3. The molecule has 3 rings (SSSR count). The molecule has 8 nitrogen and oxygen atoms in total. The van der Waals surface area contributed by atoms with Gasteiger partial charge in [-0.05, 0) is 25.1 Å². The Bertz CT molecular complexity index is 953. The van der Waals surface area contributed by atoms with E-state index < -0.39 is 6.36 Å². The van der Waals surface area contributed by atoms with Gasteiger partial charge in [0, 0.05) is 25.1 Å². The van der Waals surface area contributed by atoms with Crippen molar-refractivity contribution in [3.05, 3.63) is 54.0 Å². The first-order valence-corrected chi connectivity index (χ1v) is 9.25. The van der Waals surface area contributed by atoms with Crippen LogP contribution in [0.3, 0.4) is 0 Å². The maximum Gasteiger partial charge on any atom is 0.573 e. The summed E-state index contributed by atoms with van der Waals surface area (Å²) in [5.74, 6) is 1.90. The molecule has 2 heterocycles. The maximum absolute atomic E-state index is 12.6. The zero-order valence-electron chi connectivity index (χ0n) is 16.2. The zero-order chi connectivity index (χ0) is 21.4. The van der Waals surface area contributed by atoms with Crippen LogP contribution in [-0.4, -0.2) is 40.6 Å². The molecule has 3 N–H and O–H groups in total. The lowest BCUT2D eigenvalue weighted by atomic mass is 10.2. The van der Waals surface area contributed by atoms with Gasteiger partial charge < -0.3 is 19.8 Å². The second-order valence-corrected chi connectivity index (χ2v) is 6.11. The molecule has 0 spiro atoms. The number of guanidine groups is 1. The largest absolute Gasteiger partial charge is 0.573 e. The Morgan fingerprint density at radius 2 is 2.03 bits per heavy atom. The molecule has 0 atom stereocenters. The van der Waals surface area contributed by atoms with Crippen molar-refractivity contribution in [1.82, 2.24) is 25.8 Å². The number of alkyl halides is 3. The summed E-state index contributed by atoms with van der Waals surface area (Å²) in [6.45, 7) is 2.99. The Balaban J connectivity index is 1.58. The monoisotopic (exact) mass is 422 g/mol. The number of ether oxygens (including phenoxy) is 1. The lowest BCUT2D eigenvalue weighted by Gasteiger charge is -2.13. The number of nitrogens with zero attached hydrogens (tertiary/aromatic N) is 3. The predicted octanol–water partition coefficient (Wildman–Crippen LogP) is 3.26. The van der Waals surface area contributed by atoms with Gasteiger partial charge in [-0.25, -0.2) is 9.98 Å². The Labute approximate surface area is 170 Å². The number of benzene rings is 1. The number of H-pyrrole nitrogens is 1. The van der Waals surface area contributed by atoms with Gasteiger partial charge >= 0.3 is 6.36 Å². The van der Waals surface area contributed by atoms with Crippen LogP contribution in [0.1, 0.15) is 18.3 Å². The quantitative estimate of drug-likeness (QED) is 0.381. The van der Waals surface area contributed by atoms with E-state index in [2.05, 4.69) is 35.5 Å². The molecule has 0 fully saturated rings. The summed E-state index contributed by atoms with van der Waals surface area (Å²) in [7, 11) is 0. The molecule has 0 saturated carbocycles. The molecule has 30 heavy (non-hydrogen) atoms. The minimum Gasteiger partial charge on any atom is -0.461 e. The molecule has 0 bridgehead atoms. The first kappa shape index (κ1) is 21.2.